The molecule has 156 valence electrons. The highest BCUT2D eigenvalue weighted by Gasteiger charge is 2.26. The highest BCUT2D eigenvalue weighted by Crippen LogP contribution is 2.29. The van der Waals surface area contributed by atoms with E-state index in [9.17, 15) is 9.18 Å². The van der Waals surface area contributed by atoms with Crippen molar-refractivity contribution in [2.75, 3.05) is 31.9 Å². The third-order valence-corrected chi connectivity index (χ3v) is 6.75. The molecule has 0 radical (unpaired) electrons. The maximum absolute atomic E-state index is 13.5. The molecule has 0 saturated carbocycles. The van der Waals surface area contributed by atoms with Crippen LogP contribution in [-0.2, 0) is 4.79 Å². The van der Waals surface area contributed by atoms with E-state index in [-0.39, 0.29) is 17.8 Å². The van der Waals surface area contributed by atoms with E-state index in [2.05, 4.69) is 22.0 Å². The van der Waals surface area contributed by atoms with Crippen molar-refractivity contribution in [3.63, 3.8) is 0 Å². The lowest BCUT2D eigenvalue weighted by Crippen LogP contribution is -2.33. The van der Waals surface area contributed by atoms with Crippen LogP contribution in [0.25, 0.3) is 5.69 Å². The Bertz CT molecular complexity index is 828. The van der Waals surface area contributed by atoms with Gasteiger partial charge in [-0.15, -0.1) is 10.2 Å². The zero-order valence-corrected chi connectivity index (χ0v) is 17.7. The van der Waals surface area contributed by atoms with Gasteiger partial charge in [0.15, 0.2) is 11.0 Å². The fourth-order valence-corrected chi connectivity index (χ4v) is 4.99. The summed E-state index contributed by atoms with van der Waals surface area (Å²) in [5.41, 5.74) is 0.825. The van der Waals surface area contributed by atoms with E-state index in [4.69, 9.17) is 0 Å². The molecule has 1 aromatic heterocycles. The number of amides is 1. The second-order valence-corrected chi connectivity index (χ2v) is 8.74. The van der Waals surface area contributed by atoms with Gasteiger partial charge in [0.2, 0.25) is 5.91 Å². The number of halogens is 1. The number of likely N-dealkylation sites (tertiary alicyclic amines) is 2. The van der Waals surface area contributed by atoms with Crippen molar-refractivity contribution in [2.24, 2.45) is 0 Å². The summed E-state index contributed by atoms with van der Waals surface area (Å²) in [6.45, 7) is 5.95. The van der Waals surface area contributed by atoms with Crippen LogP contribution in [0, 0.1) is 5.82 Å². The van der Waals surface area contributed by atoms with Crippen molar-refractivity contribution < 1.29 is 9.18 Å². The predicted octanol–water partition coefficient (Wildman–Crippen LogP) is 3.67. The number of nitrogens with zero attached hydrogens (tertiary/aromatic N) is 5. The van der Waals surface area contributed by atoms with Crippen molar-refractivity contribution in [1.82, 2.24) is 24.6 Å². The van der Waals surface area contributed by atoms with E-state index in [1.165, 1.54) is 43.2 Å². The Morgan fingerprint density at radius 1 is 1.03 bits per heavy atom. The molecule has 2 fully saturated rings. The van der Waals surface area contributed by atoms with Crippen LogP contribution in [-0.4, -0.2) is 62.4 Å². The second kappa shape index (κ2) is 9.26. The average Bonchev–Trinajstić information content (AvgIpc) is 3.43. The SMILES string of the molecule is C[C@H](c1nnc(SCC(=O)N2CCCC2)n1-c1ccc(F)cc1)N1CCCCC1. The quantitative estimate of drug-likeness (QED) is 0.672. The van der Waals surface area contributed by atoms with Gasteiger partial charge in [-0.1, -0.05) is 18.2 Å². The number of aromatic nitrogens is 3. The van der Waals surface area contributed by atoms with Crippen LogP contribution >= 0.6 is 11.8 Å². The molecule has 2 aromatic rings. The lowest BCUT2D eigenvalue weighted by molar-refractivity contribution is -0.127. The van der Waals surface area contributed by atoms with Gasteiger partial charge in [0, 0.05) is 18.8 Å². The monoisotopic (exact) mass is 417 g/mol. The summed E-state index contributed by atoms with van der Waals surface area (Å²) in [4.78, 5) is 16.8. The second-order valence-electron chi connectivity index (χ2n) is 7.80. The van der Waals surface area contributed by atoms with Gasteiger partial charge in [-0.2, -0.15) is 0 Å². The molecule has 0 N–H and O–H groups in total. The minimum atomic E-state index is -0.272. The van der Waals surface area contributed by atoms with Gasteiger partial charge in [0.05, 0.1) is 11.8 Å². The van der Waals surface area contributed by atoms with Crippen molar-refractivity contribution in [3.05, 3.63) is 35.9 Å². The summed E-state index contributed by atoms with van der Waals surface area (Å²) in [7, 11) is 0. The number of thioether (sulfide) groups is 1. The first kappa shape index (κ1) is 20.3. The maximum Gasteiger partial charge on any atom is 0.233 e. The Kier molecular flexibility index (Phi) is 6.50. The van der Waals surface area contributed by atoms with Crippen LogP contribution in [0.2, 0.25) is 0 Å². The fourth-order valence-electron chi connectivity index (χ4n) is 4.13. The van der Waals surface area contributed by atoms with E-state index < -0.39 is 0 Å². The van der Waals surface area contributed by atoms with Gasteiger partial charge in [0.25, 0.3) is 0 Å². The smallest absolute Gasteiger partial charge is 0.233 e. The Balaban J connectivity index is 1.59. The summed E-state index contributed by atoms with van der Waals surface area (Å²) >= 11 is 1.41. The molecular formula is C21H28FN5OS. The molecule has 6 nitrogen and oxygen atoms in total. The Labute approximate surface area is 175 Å². The average molecular weight is 418 g/mol. The van der Waals surface area contributed by atoms with Crippen molar-refractivity contribution in [1.29, 1.82) is 0 Å². The van der Waals surface area contributed by atoms with Crippen LogP contribution in [0.4, 0.5) is 4.39 Å². The number of rotatable bonds is 6. The molecule has 1 atom stereocenters. The van der Waals surface area contributed by atoms with Gasteiger partial charge in [-0.05, 0) is 70.0 Å². The number of hydrogen-bond donors (Lipinski definition) is 0. The molecule has 0 bridgehead atoms. The third-order valence-electron chi connectivity index (χ3n) is 5.84. The van der Waals surface area contributed by atoms with Crippen LogP contribution in [0.1, 0.15) is 50.9 Å². The fraction of sp³-hybridized carbons (Fsp3) is 0.571. The van der Waals surface area contributed by atoms with Crippen LogP contribution in [0.3, 0.4) is 0 Å². The number of carbonyl (C=O) groups excluding carboxylic acids is 1. The molecule has 1 amide bonds. The van der Waals surface area contributed by atoms with Gasteiger partial charge in [-0.25, -0.2) is 4.39 Å². The zero-order chi connectivity index (χ0) is 20.2. The molecule has 0 unspecified atom stereocenters. The van der Waals surface area contributed by atoms with Gasteiger partial charge >= 0.3 is 0 Å². The first-order valence-corrected chi connectivity index (χ1v) is 11.5. The van der Waals surface area contributed by atoms with Crippen molar-refractivity contribution in [2.45, 2.75) is 50.2 Å². The largest absolute Gasteiger partial charge is 0.342 e. The number of hydrogen-bond acceptors (Lipinski definition) is 5. The molecule has 2 saturated heterocycles. The van der Waals surface area contributed by atoms with Gasteiger partial charge in [0.1, 0.15) is 5.82 Å². The number of piperidine rings is 1. The lowest BCUT2D eigenvalue weighted by atomic mass is 10.1. The molecule has 29 heavy (non-hydrogen) atoms. The molecule has 1 aromatic carbocycles. The topological polar surface area (TPSA) is 54.3 Å². The van der Waals surface area contributed by atoms with E-state index >= 15 is 0 Å². The summed E-state index contributed by atoms with van der Waals surface area (Å²) in [5, 5.41) is 9.59. The minimum Gasteiger partial charge on any atom is -0.342 e. The van der Waals surface area contributed by atoms with E-state index in [0.29, 0.717) is 10.9 Å². The van der Waals surface area contributed by atoms with Crippen molar-refractivity contribution in [3.8, 4) is 5.69 Å². The molecular weight excluding hydrogens is 389 g/mol. The lowest BCUT2D eigenvalue weighted by Gasteiger charge is -2.31. The number of benzene rings is 1. The zero-order valence-electron chi connectivity index (χ0n) is 16.9. The normalized spacial score (nSPS) is 18.9. The molecule has 8 heteroatoms. The van der Waals surface area contributed by atoms with Crippen LogP contribution in [0.15, 0.2) is 29.4 Å². The summed E-state index contributed by atoms with van der Waals surface area (Å²) in [6.07, 6.45) is 5.83. The first-order chi connectivity index (χ1) is 14.1. The minimum absolute atomic E-state index is 0.108. The Morgan fingerprint density at radius 2 is 1.69 bits per heavy atom. The number of carbonyl (C=O) groups is 1. The molecule has 0 spiro atoms. The molecule has 3 heterocycles. The molecule has 4 rings (SSSR count). The van der Waals surface area contributed by atoms with E-state index in [1.54, 1.807) is 12.1 Å². The summed E-state index contributed by atoms with van der Waals surface area (Å²) in [6, 6.07) is 6.51. The maximum atomic E-state index is 13.5. The summed E-state index contributed by atoms with van der Waals surface area (Å²) in [5.74, 6) is 1.06. The van der Waals surface area contributed by atoms with Crippen LogP contribution < -0.4 is 0 Å². The highest BCUT2D eigenvalue weighted by atomic mass is 32.2. The van der Waals surface area contributed by atoms with E-state index in [0.717, 1.165) is 50.5 Å². The standard InChI is InChI=1S/C21H28FN5OS/c1-16(25-11-3-2-4-12-25)20-23-24-21(27(20)18-9-7-17(22)8-10-18)29-15-19(28)26-13-5-6-14-26/h7-10,16H,2-6,11-15H2,1H3/t16-/m1/s1. The van der Waals surface area contributed by atoms with Gasteiger partial charge < -0.3 is 4.90 Å². The molecule has 0 aliphatic carbocycles. The Hall–Kier alpha value is -1.93. The van der Waals surface area contributed by atoms with Crippen LogP contribution in [0.5, 0.6) is 0 Å². The third kappa shape index (κ3) is 4.64. The molecule has 2 aliphatic rings. The van der Waals surface area contributed by atoms with E-state index in [1.807, 2.05) is 9.47 Å². The highest BCUT2D eigenvalue weighted by molar-refractivity contribution is 7.99. The molecule has 2 aliphatic heterocycles. The Morgan fingerprint density at radius 3 is 2.38 bits per heavy atom. The summed E-state index contributed by atoms with van der Waals surface area (Å²) < 4.78 is 15.5. The van der Waals surface area contributed by atoms with Gasteiger partial charge in [-0.3, -0.25) is 14.3 Å². The first-order valence-electron chi connectivity index (χ1n) is 10.5. The predicted molar refractivity (Wildman–Crippen MR) is 112 cm³/mol. The van der Waals surface area contributed by atoms with Crippen molar-refractivity contribution >= 4 is 17.7 Å².